The van der Waals surface area contributed by atoms with Crippen LogP contribution < -0.4 is 10.1 Å². The fraction of sp³-hybridized carbons (Fsp3) is 0.429. The van der Waals surface area contributed by atoms with Gasteiger partial charge in [0, 0.05) is 21.6 Å². The maximum absolute atomic E-state index is 6.02. The van der Waals surface area contributed by atoms with E-state index in [4.69, 9.17) is 16.3 Å². The molecule has 0 bridgehead atoms. The van der Waals surface area contributed by atoms with Crippen LogP contribution in [0.3, 0.4) is 0 Å². The Balaban J connectivity index is 1.83. The molecule has 0 aliphatic heterocycles. The Morgan fingerprint density at radius 3 is 2.52 bits per heavy atom. The van der Waals surface area contributed by atoms with E-state index < -0.39 is 0 Å². The quantitative estimate of drug-likeness (QED) is 0.403. The van der Waals surface area contributed by atoms with E-state index in [1.165, 1.54) is 37.7 Å². The smallest absolute Gasteiger partial charge is 0.124 e. The molecular weight excluding hydrogens is 398 g/mol. The van der Waals surface area contributed by atoms with Crippen LogP contribution in [0, 0.1) is 0 Å². The molecule has 2 nitrogen and oxygen atoms in total. The summed E-state index contributed by atoms with van der Waals surface area (Å²) >= 11 is 9.48. The standard InChI is InChI=1S/C21H27BrClNO/c1-2-3-4-5-6-13-24-15-18-14-19(22)9-12-21(18)25-16-17-7-10-20(23)11-8-17/h7-12,14,24H,2-6,13,15-16H2,1H3. The van der Waals surface area contributed by atoms with Crippen molar-refractivity contribution in [2.24, 2.45) is 0 Å². The number of hydrogen-bond acceptors (Lipinski definition) is 2. The molecule has 2 aromatic carbocycles. The SMILES string of the molecule is CCCCCCCNCc1cc(Br)ccc1OCc1ccc(Cl)cc1. The second kappa shape index (κ2) is 11.6. The topological polar surface area (TPSA) is 21.3 Å². The minimum atomic E-state index is 0.544. The molecular formula is C21H27BrClNO. The highest BCUT2D eigenvalue weighted by atomic mass is 79.9. The average molecular weight is 425 g/mol. The van der Waals surface area contributed by atoms with Gasteiger partial charge in [0.15, 0.2) is 0 Å². The first-order valence-corrected chi connectivity index (χ1v) is 10.2. The van der Waals surface area contributed by atoms with E-state index in [2.05, 4.69) is 34.2 Å². The summed E-state index contributed by atoms with van der Waals surface area (Å²) in [4.78, 5) is 0. The van der Waals surface area contributed by atoms with Crippen molar-refractivity contribution in [3.05, 3.63) is 63.1 Å². The first-order chi connectivity index (χ1) is 12.2. The van der Waals surface area contributed by atoms with Crippen LogP contribution in [0.1, 0.15) is 50.2 Å². The molecule has 0 heterocycles. The number of unbranched alkanes of at least 4 members (excludes halogenated alkanes) is 4. The Bertz CT molecular complexity index is 630. The van der Waals surface area contributed by atoms with Crippen LogP contribution in [-0.2, 0) is 13.2 Å². The number of ether oxygens (including phenoxy) is 1. The van der Waals surface area contributed by atoms with Crippen LogP contribution in [0.25, 0.3) is 0 Å². The summed E-state index contributed by atoms with van der Waals surface area (Å²) < 4.78 is 7.10. The van der Waals surface area contributed by atoms with E-state index in [0.29, 0.717) is 6.61 Å². The second-order valence-electron chi connectivity index (χ2n) is 6.26. The summed E-state index contributed by atoms with van der Waals surface area (Å²) in [5, 5.41) is 4.28. The zero-order valence-electron chi connectivity index (χ0n) is 14.9. The maximum atomic E-state index is 6.02. The van der Waals surface area contributed by atoms with E-state index in [0.717, 1.165) is 33.9 Å². The van der Waals surface area contributed by atoms with Gasteiger partial charge in [0.1, 0.15) is 12.4 Å². The molecule has 0 unspecified atom stereocenters. The number of benzene rings is 2. The molecule has 0 aliphatic carbocycles. The van der Waals surface area contributed by atoms with Gasteiger partial charge >= 0.3 is 0 Å². The monoisotopic (exact) mass is 423 g/mol. The van der Waals surface area contributed by atoms with E-state index >= 15 is 0 Å². The fourth-order valence-corrected chi connectivity index (χ4v) is 3.18. The molecule has 0 aliphatic rings. The van der Waals surface area contributed by atoms with Crippen molar-refractivity contribution >= 4 is 27.5 Å². The minimum absolute atomic E-state index is 0.544. The Morgan fingerprint density at radius 1 is 1.00 bits per heavy atom. The highest BCUT2D eigenvalue weighted by molar-refractivity contribution is 9.10. The molecule has 0 amide bonds. The van der Waals surface area contributed by atoms with Gasteiger partial charge in [-0.1, -0.05) is 72.3 Å². The lowest BCUT2D eigenvalue weighted by Gasteiger charge is -2.13. The summed E-state index contributed by atoms with van der Waals surface area (Å²) in [7, 11) is 0. The number of rotatable bonds is 11. The summed E-state index contributed by atoms with van der Waals surface area (Å²) in [6, 6.07) is 13.9. The summed E-state index contributed by atoms with van der Waals surface area (Å²) in [5.74, 6) is 0.927. The molecule has 0 radical (unpaired) electrons. The molecule has 136 valence electrons. The van der Waals surface area contributed by atoms with Crippen LogP contribution in [0.15, 0.2) is 46.9 Å². The fourth-order valence-electron chi connectivity index (χ4n) is 2.65. The van der Waals surface area contributed by atoms with Gasteiger partial charge in [-0.15, -0.1) is 0 Å². The predicted octanol–water partition coefficient (Wildman–Crippen LogP) is 6.74. The molecule has 1 N–H and O–H groups in total. The van der Waals surface area contributed by atoms with Gasteiger partial charge in [-0.25, -0.2) is 0 Å². The van der Waals surface area contributed by atoms with Crippen molar-refractivity contribution in [2.45, 2.75) is 52.2 Å². The summed E-state index contributed by atoms with van der Waals surface area (Å²) in [6.45, 7) is 4.66. The molecule has 0 saturated heterocycles. The van der Waals surface area contributed by atoms with Gasteiger partial charge in [-0.3, -0.25) is 0 Å². The number of hydrogen-bond donors (Lipinski definition) is 1. The van der Waals surface area contributed by atoms with E-state index in [1.54, 1.807) is 0 Å². The van der Waals surface area contributed by atoms with Gasteiger partial charge in [0.05, 0.1) is 0 Å². The number of halogens is 2. The molecule has 4 heteroatoms. The zero-order valence-corrected chi connectivity index (χ0v) is 17.2. The van der Waals surface area contributed by atoms with Crippen LogP contribution in [0.2, 0.25) is 5.02 Å². The summed E-state index contributed by atoms with van der Waals surface area (Å²) in [6.07, 6.45) is 6.51. The molecule has 0 saturated carbocycles. The van der Waals surface area contributed by atoms with Gasteiger partial charge in [0.2, 0.25) is 0 Å². The van der Waals surface area contributed by atoms with Crippen molar-refractivity contribution in [1.82, 2.24) is 5.32 Å². The van der Waals surface area contributed by atoms with Crippen LogP contribution >= 0.6 is 27.5 Å². The highest BCUT2D eigenvalue weighted by Gasteiger charge is 2.05. The molecule has 0 fully saturated rings. The van der Waals surface area contributed by atoms with Gasteiger partial charge in [-0.2, -0.15) is 0 Å². The lowest BCUT2D eigenvalue weighted by molar-refractivity contribution is 0.302. The normalized spacial score (nSPS) is 10.8. The first-order valence-electron chi connectivity index (χ1n) is 9.05. The van der Waals surface area contributed by atoms with Crippen molar-refractivity contribution in [1.29, 1.82) is 0 Å². The first kappa shape index (κ1) is 20.3. The van der Waals surface area contributed by atoms with Crippen molar-refractivity contribution in [3.8, 4) is 5.75 Å². The average Bonchev–Trinajstić information content (AvgIpc) is 2.61. The molecule has 25 heavy (non-hydrogen) atoms. The van der Waals surface area contributed by atoms with Crippen LogP contribution in [0.5, 0.6) is 5.75 Å². The Hall–Kier alpha value is -1.03. The number of nitrogens with one attached hydrogen (secondary N) is 1. The Kier molecular flexibility index (Phi) is 9.38. The molecule has 2 aromatic rings. The highest BCUT2D eigenvalue weighted by Crippen LogP contribution is 2.24. The van der Waals surface area contributed by atoms with Crippen LogP contribution in [0.4, 0.5) is 0 Å². The molecule has 2 rings (SSSR count). The third-order valence-corrected chi connectivity index (χ3v) is 4.85. The lowest BCUT2D eigenvalue weighted by Crippen LogP contribution is -2.15. The van der Waals surface area contributed by atoms with Crippen molar-refractivity contribution in [3.63, 3.8) is 0 Å². The third kappa shape index (κ3) is 7.81. The Labute approximate surface area is 165 Å². The van der Waals surface area contributed by atoms with Crippen LogP contribution in [-0.4, -0.2) is 6.54 Å². The van der Waals surface area contributed by atoms with Gasteiger partial charge in [0.25, 0.3) is 0 Å². The minimum Gasteiger partial charge on any atom is -0.489 e. The van der Waals surface area contributed by atoms with E-state index in [-0.39, 0.29) is 0 Å². The Morgan fingerprint density at radius 2 is 1.76 bits per heavy atom. The summed E-state index contributed by atoms with van der Waals surface area (Å²) in [5.41, 5.74) is 2.29. The zero-order chi connectivity index (χ0) is 17.9. The van der Waals surface area contributed by atoms with Crippen molar-refractivity contribution in [2.75, 3.05) is 6.54 Å². The van der Waals surface area contributed by atoms with E-state index in [9.17, 15) is 0 Å². The van der Waals surface area contributed by atoms with Gasteiger partial charge in [-0.05, 0) is 48.9 Å². The van der Waals surface area contributed by atoms with E-state index in [1.807, 2.05) is 36.4 Å². The second-order valence-corrected chi connectivity index (χ2v) is 7.61. The molecule has 0 atom stereocenters. The molecule has 0 aromatic heterocycles. The van der Waals surface area contributed by atoms with Crippen molar-refractivity contribution < 1.29 is 4.74 Å². The largest absolute Gasteiger partial charge is 0.489 e. The third-order valence-electron chi connectivity index (χ3n) is 4.10. The van der Waals surface area contributed by atoms with Gasteiger partial charge < -0.3 is 10.1 Å². The predicted molar refractivity (Wildman–Crippen MR) is 110 cm³/mol. The lowest BCUT2D eigenvalue weighted by atomic mass is 10.1. The maximum Gasteiger partial charge on any atom is 0.124 e. The molecule has 0 spiro atoms.